The van der Waals surface area contributed by atoms with Gasteiger partial charge >= 0.3 is 6.09 Å². The van der Waals surface area contributed by atoms with E-state index in [9.17, 15) is 4.79 Å². The van der Waals surface area contributed by atoms with Gasteiger partial charge in [-0.3, -0.25) is 0 Å². The summed E-state index contributed by atoms with van der Waals surface area (Å²) in [6, 6.07) is 1.80. The van der Waals surface area contributed by atoms with Crippen molar-refractivity contribution in [1.82, 2.24) is 10.3 Å². The zero-order valence-electron chi connectivity index (χ0n) is 11.7. The Morgan fingerprint density at radius 2 is 2.21 bits per heavy atom. The van der Waals surface area contributed by atoms with Crippen molar-refractivity contribution in [1.29, 1.82) is 0 Å². The first kappa shape index (κ1) is 14.8. The molecule has 0 bridgehead atoms. The fourth-order valence-electron chi connectivity index (χ4n) is 1.25. The normalized spacial score (nSPS) is 10.3. The second-order valence-electron chi connectivity index (χ2n) is 5.11. The molecule has 0 spiro atoms. The van der Waals surface area contributed by atoms with Crippen molar-refractivity contribution in [2.24, 2.45) is 0 Å². The molecule has 5 heteroatoms. The second-order valence-corrected chi connectivity index (χ2v) is 5.11. The number of carbonyl (C=O) groups is 1. The van der Waals surface area contributed by atoms with Crippen LogP contribution in [0.1, 0.15) is 32.0 Å². The van der Waals surface area contributed by atoms with Crippen LogP contribution in [0.3, 0.4) is 0 Å². The molecule has 0 atom stereocenters. The molecular weight excluding hydrogens is 242 g/mol. The summed E-state index contributed by atoms with van der Waals surface area (Å²) in [7, 11) is 0. The van der Waals surface area contributed by atoms with E-state index in [0.29, 0.717) is 11.4 Å². The van der Waals surface area contributed by atoms with Crippen molar-refractivity contribution in [2.45, 2.75) is 33.3 Å². The van der Waals surface area contributed by atoms with Crippen LogP contribution in [0.15, 0.2) is 12.3 Å². The number of ether oxygens (including phenoxy) is 1. The minimum Gasteiger partial charge on any atom is -0.444 e. The SMILES string of the molecule is Cc1cnc(C#CCNC(=O)OC(C)(C)C)c(N)c1. The maximum atomic E-state index is 11.3. The van der Waals surface area contributed by atoms with Crippen molar-refractivity contribution in [3.05, 3.63) is 23.5 Å². The Bertz CT molecular complexity index is 522. The smallest absolute Gasteiger partial charge is 0.408 e. The van der Waals surface area contributed by atoms with Gasteiger partial charge in [0.05, 0.1) is 12.2 Å². The highest BCUT2D eigenvalue weighted by Crippen LogP contribution is 2.08. The lowest BCUT2D eigenvalue weighted by Crippen LogP contribution is -2.32. The molecular formula is C14H19N3O2. The van der Waals surface area contributed by atoms with Gasteiger partial charge in [-0.25, -0.2) is 9.78 Å². The van der Waals surface area contributed by atoms with E-state index >= 15 is 0 Å². The quantitative estimate of drug-likeness (QED) is 0.756. The Hall–Kier alpha value is -2.22. The van der Waals surface area contributed by atoms with Gasteiger partial charge in [-0.2, -0.15) is 0 Å². The number of aryl methyl sites for hydroxylation is 1. The molecule has 5 nitrogen and oxygen atoms in total. The minimum absolute atomic E-state index is 0.184. The van der Waals surface area contributed by atoms with Crippen LogP contribution in [0.25, 0.3) is 0 Å². The predicted octanol–water partition coefficient (Wildman–Crippen LogP) is 1.85. The second kappa shape index (κ2) is 6.10. The number of amides is 1. The number of pyridine rings is 1. The number of rotatable bonds is 1. The first-order chi connectivity index (χ1) is 8.78. The van der Waals surface area contributed by atoms with Crippen molar-refractivity contribution < 1.29 is 9.53 Å². The molecule has 0 aromatic carbocycles. The van der Waals surface area contributed by atoms with Gasteiger partial charge in [-0.05, 0) is 45.2 Å². The Kier molecular flexibility index (Phi) is 4.76. The highest BCUT2D eigenvalue weighted by molar-refractivity contribution is 5.68. The number of nitrogens with two attached hydrogens (primary N) is 1. The van der Waals surface area contributed by atoms with E-state index in [1.165, 1.54) is 0 Å². The Balaban J connectivity index is 2.50. The molecule has 0 fully saturated rings. The van der Waals surface area contributed by atoms with Crippen LogP contribution >= 0.6 is 0 Å². The number of nitrogens with zero attached hydrogens (tertiary/aromatic N) is 1. The topological polar surface area (TPSA) is 77.2 Å². The van der Waals surface area contributed by atoms with Crippen LogP contribution in [0, 0.1) is 18.8 Å². The van der Waals surface area contributed by atoms with E-state index in [0.717, 1.165) is 5.56 Å². The molecule has 0 aliphatic carbocycles. The highest BCUT2D eigenvalue weighted by Gasteiger charge is 2.14. The molecule has 0 saturated heterocycles. The molecule has 1 aromatic rings. The summed E-state index contributed by atoms with van der Waals surface area (Å²) in [5.41, 5.74) is 7.28. The zero-order valence-corrected chi connectivity index (χ0v) is 11.7. The third kappa shape index (κ3) is 5.77. The highest BCUT2D eigenvalue weighted by atomic mass is 16.6. The van der Waals surface area contributed by atoms with E-state index in [2.05, 4.69) is 22.1 Å². The van der Waals surface area contributed by atoms with Gasteiger partial charge in [0.15, 0.2) is 0 Å². The van der Waals surface area contributed by atoms with Crippen LogP contribution in [0.2, 0.25) is 0 Å². The first-order valence-electron chi connectivity index (χ1n) is 5.96. The van der Waals surface area contributed by atoms with Crippen LogP contribution in [-0.2, 0) is 4.74 Å². The number of nitrogen functional groups attached to an aromatic ring is 1. The minimum atomic E-state index is -0.513. The summed E-state index contributed by atoms with van der Waals surface area (Å²) >= 11 is 0. The number of hydrogen-bond donors (Lipinski definition) is 2. The van der Waals surface area contributed by atoms with Crippen LogP contribution in [0.4, 0.5) is 10.5 Å². The van der Waals surface area contributed by atoms with Crippen LogP contribution < -0.4 is 11.1 Å². The fourth-order valence-corrected chi connectivity index (χ4v) is 1.25. The third-order valence-electron chi connectivity index (χ3n) is 1.98. The molecule has 19 heavy (non-hydrogen) atoms. The maximum Gasteiger partial charge on any atom is 0.408 e. The number of aromatic nitrogens is 1. The maximum absolute atomic E-state index is 11.3. The number of alkyl carbamates (subject to hydrolysis) is 1. The Morgan fingerprint density at radius 3 is 2.79 bits per heavy atom. The summed E-state index contributed by atoms with van der Waals surface area (Å²) in [6.45, 7) is 7.49. The number of carbonyl (C=O) groups excluding carboxylic acids is 1. The number of nitrogens with one attached hydrogen (secondary N) is 1. The third-order valence-corrected chi connectivity index (χ3v) is 1.98. The molecule has 0 unspecified atom stereocenters. The summed E-state index contributed by atoms with van der Waals surface area (Å²) in [5.74, 6) is 5.58. The lowest BCUT2D eigenvalue weighted by Gasteiger charge is -2.18. The van der Waals surface area contributed by atoms with Gasteiger partial charge in [0.25, 0.3) is 0 Å². The lowest BCUT2D eigenvalue weighted by molar-refractivity contribution is 0.0535. The van der Waals surface area contributed by atoms with Crippen molar-refractivity contribution >= 4 is 11.8 Å². The van der Waals surface area contributed by atoms with Gasteiger partial charge in [0.2, 0.25) is 0 Å². The van der Waals surface area contributed by atoms with Crippen molar-refractivity contribution in [3.63, 3.8) is 0 Å². The number of hydrogen-bond acceptors (Lipinski definition) is 4. The van der Waals surface area contributed by atoms with E-state index in [4.69, 9.17) is 10.5 Å². The number of anilines is 1. The lowest BCUT2D eigenvalue weighted by atomic mass is 10.2. The largest absolute Gasteiger partial charge is 0.444 e. The van der Waals surface area contributed by atoms with E-state index in [1.54, 1.807) is 33.0 Å². The van der Waals surface area contributed by atoms with E-state index in [-0.39, 0.29) is 6.54 Å². The summed E-state index contributed by atoms with van der Waals surface area (Å²) < 4.78 is 5.07. The average molecular weight is 261 g/mol. The molecule has 0 aliphatic heterocycles. The summed E-state index contributed by atoms with van der Waals surface area (Å²) in [4.78, 5) is 15.5. The van der Waals surface area contributed by atoms with E-state index in [1.807, 2.05) is 6.92 Å². The molecule has 0 radical (unpaired) electrons. The monoisotopic (exact) mass is 261 g/mol. The van der Waals surface area contributed by atoms with Gasteiger partial charge in [0.1, 0.15) is 11.3 Å². The molecule has 102 valence electrons. The van der Waals surface area contributed by atoms with Crippen LogP contribution in [-0.4, -0.2) is 23.2 Å². The van der Waals surface area contributed by atoms with Crippen molar-refractivity contribution in [3.8, 4) is 11.8 Å². The Labute approximate surface area is 113 Å². The average Bonchev–Trinajstić information content (AvgIpc) is 2.24. The first-order valence-corrected chi connectivity index (χ1v) is 5.96. The van der Waals surface area contributed by atoms with E-state index < -0.39 is 11.7 Å². The zero-order chi connectivity index (χ0) is 14.5. The standard InChI is InChI=1S/C14H19N3O2/c1-10-8-11(15)12(17-9-10)6-5-7-16-13(18)19-14(2,3)4/h8-9H,7,15H2,1-4H3,(H,16,18). The molecule has 1 amide bonds. The van der Waals surface area contributed by atoms with Crippen LogP contribution in [0.5, 0.6) is 0 Å². The van der Waals surface area contributed by atoms with Gasteiger partial charge in [-0.15, -0.1) is 0 Å². The molecule has 3 N–H and O–H groups in total. The van der Waals surface area contributed by atoms with Gasteiger partial charge in [-0.1, -0.05) is 5.92 Å². The summed E-state index contributed by atoms with van der Waals surface area (Å²) in [6.07, 6.45) is 1.20. The molecule has 1 heterocycles. The predicted molar refractivity (Wildman–Crippen MR) is 74.5 cm³/mol. The summed E-state index contributed by atoms with van der Waals surface area (Å²) in [5, 5.41) is 2.54. The Morgan fingerprint density at radius 1 is 1.53 bits per heavy atom. The van der Waals surface area contributed by atoms with Gasteiger partial charge < -0.3 is 15.8 Å². The fraction of sp³-hybridized carbons (Fsp3) is 0.429. The molecule has 0 saturated carbocycles. The van der Waals surface area contributed by atoms with Crippen molar-refractivity contribution in [2.75, 3.05) is 12.3 Å². The van der Waals surface area contributed by atoms with Gasteiger partial charge in [0, 0.05) is 6.20 Å². The molecule has 1 aromatic heterocycles. The molecule has 0 aliphatic rings. The molecule has 1 rings (SSSR count).